The minimum Gasteiger partial charge on any atom is -0.481 e. The van der Waals surface area contributed by atoms with Gasteiger partial charge < -0.3 is 15.3 Å². The molecule has 2 unspecified atom stereocenters. The fourth-order valence-corrected chi connectivity index (χ4v) is 3.46. The molecule has 0 bridgehead atoms. The van der Waals surface area contributed by atoms with Gasteiger partial charge in [0.25, 0.3) is 0 Å². The summed E-state index contributed by atoms with van der Waals surface area (Å²) in [6.45, 7) is 0.820. The van der Waals surface area contributed by atoms with E-state index in [1.165, 1.54) is 32.1 Å². The number of hydrogen-bond acceptors (Lipinski definition) is 2. The van der Waals surface area contributed by atoms with Gasteiger partial charge in [-0.2, -0.15) is 0 Å². The normalized spacial score (nSPS) is 27.2. The zero-order chi connectivity index (χ0) is 14.5. The van der Waals surface area contributed by atoms with Crippen LogP contribution in [0.15, 0.2) is 0 Å². The van der Waals surface area contributed by atoms with Crippen LogP contribution in [0.3, 0.4) is 0 Å². The zero-order valence-electron chi connectivity index (χ0n) is 12.3. The van der Waals surface area contributed by atoms with Gasteiger partial charge in [-0.1, -0.05) is 19.3 Å². The van der Waals surface area contributed by atoms with Crippen molar-refractivity contribution in [3.05, 3.63) is 0 Å². The van der Waals surface area contributed by atoms with Crippen LogP contribution in [0.2, 0.25) is 0 Å². The van der Waals surface area contributed by atoms with Gasteiger partial charge in [0.1, 0.15) is 0 Å². The Kier molecular flexibility index (Phi) is 5.26. The lowest BCUT2D eigenvalue weighted by atomic mass is 9.89. The number of urea groups is 1. The van der Waals surface area contributed by atoms with E-state index in [2.05, 4.69) is 5.32 Å². The first-order valence-electron chi connectivity index (χ1n) is 7.80. The summed E-state index contributed by atoms with van der Waals surface area (Å²) in [6.07, 6.45) is 8.35. The Morgan fingerprint density at radius 2 is 1.85 bits per heavy atom. The third-order valence-electron chi connectivity index (χ3n) is 4.71. The highest BCUT2D eigenvalue weighted by Crippen LogP contribution is 2.26. The fraction of sp³-hybridized carbons (Fsp3) is 0.867. The SMILES string of the molecule is CN(CC1CCCCC1)C(=O)NC1CCC(C(=O)O)C1. The van der Waals surface area contributed by atoms with Gasteiger partial charge in [0.15, 0.2) is 0 Å². The van der Waals surface area contributed by atoms with Crippen molar-refractivity contribution in [1.82, 2.24) is 10.2 Å². The number of hydrogen-bond donors (Lipinski definition) is 2. The molecule has 2 saturated carbocycles. The molecule has 2 atom stereocenters. The van der Waals surface area contributed by atoms with Crippen molar-refractivity contribution in [2.75, 3.05) is 13.6 Å². The number of carboxylic acid groups (broad SMARTS) is 1. The molecule has 2 aliphatic carbocycles. The lowest BCUT2D eigenvalue weighted by Crippen LogP contribution is -2.44. The van der Waals surface area contributed by atoms with Crippen LogP contribution in [-0.2, 0) is 4.79 Å². The van der Waals surface area contributed by atoms with Gasteiger partial charge in [0.2, 0.25) is 0 Å². The Morgan fingerprint density at radius 3 is 2.45 bits per heavy atom. The first kappa shape index (κ1) is 15.1. The zero-order valence-corrected chi connectivity index (χ0v) is 12.3. The van der Waals surface area contributed by atoms with Gasteiger partial charge in [-0.25, -0.2) is 4.79 Å². The van der Waals surface area contributed by atoms with Crippen LogP contribution >= 0.6 is 0 Å². The quantitative estimate of drug-likeness (QED) is 0.832. The molecule has 2 amide bonds. The molecule has 5 nitrogen and oxygen atoms in total. The third kappa shape index (κ3) is 4.12. The van der Waals surface area contributed by atoms with Crippen LogP contribution in [0, 0.1) is 11.8 Å². The molecule has 2 rings (SSSR count). The van der Waals surface area contributed by atoms with Gasteiger partial charge in [0.05, 0.1) is 5.92 Å². The molecule has 2 N–H and O–H groups in total. The summed E-state index contributed by atoms with van der Waals surface area (Å²) in [4.78, 5) is 24.8. The second kappa shape index (κ2) is 6.95. The molecule has 2 fully saturated rings. The summed E-state index contributed by atoms with van der Waals surface area (Å²) in [5.41, 5.74) is 0. The highest BCUT2D eigenvalue weighted by Gasteiger charge is 2.31. The van der Waals surface area contributed by atoms with E-state index in [0.29, 0.717) is 18.8 Å². The second-order valence-electron chi connectivity index (χ2n) is 6.38. The van der Waals surface area contributed by atoms with Crippen molar-refractivity contribution in [3.63, 3.8) is 0 Å². The maximum atomic E-state index is 12.1. The van der Waals surface area contributed by atoms with E-state index >= 15 is 0 Å². The van der Waals surface area contributed by atoms with Crippen molar-refractivity contribution in [2.45, 2.75) is 57.4 Å². The fourth-order valence-electron chi connectivity index (χ4n) is 3.46. The van der Waals surface area contributed by atoms with E-state index in [-0.39, 0.29) is 18.0 Å². The molecule has 20 heavy (non-hydrogen) atoms. The molecule has 0 aromatic carbocycles. The number of aliphatic carboxylic acids is 1. The van der Waals surface area contributed by atoms with Crippen molar-refractivity contribution >= 4 is 12.0 Å². The lowest BCUT2D eigenvalue weighted by molar-refractivity contribution is -0.141. The minimum absolute atomic E-state index is 0.0254. The number of amides is 2. The molecule has 114 valence electrons. The van der Waals surface area contributed by atoms with E-state index in [4.69, 9.17) is 5.11 Å². The van der Waals surface area contributed by atoms with Gasteiger partial charge in [-0.3, -0.25) is 4.79 Å². The molecule has 0 aromatic rings. The largest absolute Gasteiger partial charge is 0.481 e. The maximum Gasteiger partial charge on any atom is 0.317 e. The molecule has 0 heterocycles. The summed E-state index contributed by atoms with van der Waals surface area (Å²) in [7, 11) is 1.84. The van der Waals surface area contributed by atoms with Crippen LogP contribution in [0.1, 0.15) is 51.4 Å². The van der Waals surface area contributed by atoms with Crippen LogP contribution in [-0.4, -0.2) is 41.6 Å². The number of carbonyl (C=O) groups excluding carboxylic acids is 1. The van der Waals surface area contributed by atoms with Crippen LogP contribution in [0.4, 0.5) is 4.79 Å². The van der Waals surface area contributed by atoms with E-state index in [1.54, 1.807) is 4.90 Å². The van der Waals surface area contributed by atoms with E-state index in [0.717, 1.165) is 13.0 Å². The van der Waals surface area contributed by atoms with Crippen molar-refractivity contribution in [1.29, 1.82) is 0 Å². The first-order chi connectivity index (χ1) is 9.56. The molecule has 0 spiro atoms. The summed E-state index contributed by atoms with van der Waals surface area (Å²) in [5, 5.41) is 11.9. The standard InChI is InChI=1S/C15H26N2O3/c1-17(10-11-5-3-2-4-6-11)15(20)16-13-8-7-12(9-13)14(18)19/h11-13H,2-10H2,1H3,(H,16,20)(H,18,19). The number of carbonyl (C=O) groups is 2. The second-order valence-corrected chi connectivity index (χ2v) is 6.38. The molecule has 5 heteroatoms. The van der Waals surface area contributed by atoms with Gasteiger partial charge in [-0.15, -0.1) is 0 Å². The van der Waals surface area contributed by atoms with Gasteiger partial charge in [-0.05, 0) is 38.0 Å². The predicted molar refractivity (Wildman–Crippen MR) is 76.5 cm³/mol. The van der Waals surface area contributed by atoms with Crippen molar-refractivity contribution < 1.29 is 14.7 Å². The van der Waals surface area contributed by atoms with E-state index in [1.807, 2.05) is 7.05 Å². The molecule has 0 radical (unpaired) electrons. The van der Waals surface area contributed by atoms with Crippen molar-refractivity contribution in [3.8, 4) is 0 Å². The van der Waals surface area contributed by atoms with E-state index < -0.39 is 5.97 Å². The smallest absolute Gasteiger partial charge is 0.317 e. The third-order valence-corrected chi connectivity index (χ3v) is 4.71. The lowest BCUT2D eigenvalue weighted by Gasteiger charge is -2.28. The summed E-state index contributed by atoms with van der Waals surface area (Å²) >= 11 is 0. The highest BCUT2D eigenvalue weighted by molar-refractivity contribution is 5.75. The molecule has 2 aliphatic rings. The summed E-state index contributed by atoms with van der Waals surface area (Å²) < 4.78 is 0. The van der Waals surface area contributed by atoms with E-state index in [9.17, 15) is 9.59 Å². The molecular formula is C15H26N2O3. The number of carboxylic acids is 1. The topological polar surface area (TPSA) is 69.6 Å². The minimum atomic E-state index is -0.739. The maximum absolute atomic E-state index is 12.1. The van der Waals surface area contributed by atoms with Crippen LogP contribution in [0.5, 0.6) is 0 Å². The Morgan fingerprint density at radius 1 is 1.15 bits per heavy atom. The number of nitrogens with zero attached hydrogens (tertiary/aromatic N) is 1. The van der Waals surface area contributed by atoms with Crippen LogP contribution in [0.25, 0.3) is 0 Å². The Hall–Kier alpha value is -1.26. The molecular weight excluding hydrogens is 256 g/mol. The Bertz CT molecular complexity index is 353. The Balaban J connectivity index is 1.72. The van der Waals surface area contributed by atoms with Gasteiger partial charge >= 0.3 is 12.0 Å². The van der Waals surface area contributed by atoms with Crippen molar-refractivity contribution in [2.24, 2.45) is 11.8 Å². The summed E-state index contributed by atoms with van der Waals surface area (Å²) in [6, 6.07) is -0.0241. The molecule has 0 aliphatic heterocycles. The average molecular weight is 282 g/mol. The number of nitrogens with one attached hydrogen (secondary N) is 1. The Labute approximate surface area is 120 Å². The molecule has 0 saturated heterocycles. The highest BCUT2D eigenvalue weighted by atomic mass is 16.4. The van der Waals surface area contributed by atoms with Crippen LogP contribution < -0.4 is 5.32 Å². The number of rotatable bonds is 4. The molecule has 0 aromatic heterocycles. The average Bonchev–Trinajstić information content (AvgIpc) is 2.88. The predicted octanol–water partition coefficient (Wildman–Crippen LogP) is 2.46. The van der Waals surface area contributed by atoms with Gasteiger partial charge in [0, 0.05) is 19.6 Å². The summed E-state index contributed by atoms with van der Waals surface area (Å²) in [5.74, 6) is -0.392. The monoisotopic (exact) mass is 282 g/mol. The first-order valence-corrected chi connectivity index (χ1v) is 7.80.